The zero-order valence-corrected chi connectivity index (χ0v) is 11.5. The molecular formula is C13H27N3O. The van der Waals surface area contributed by atoms with Gasteiger partial charge in [-0.3, -0.25) is 4.79 Å². The van der Waals surface area contributed by atoms with Gasteiger partial charge in [0, 0.05) is 25.6 Å². The molecule has 1 heterocycles. The van der Waals surface area contributed by atoms with Gasteiger partial charge < -0.3 is 15.5 Å². The van der Waals surface area contributed by atoms with E-state index in [1.807, 2.05) is 6.92 Å². The summed E-state index contributed by atoms with van der Waals surface area (Å²) in [6, 6.07) is 0.375. The maximum absolute atomic E-state index is 12.2. The first-order chi connectivity index (χ1) is 8.08. The van der Waals surface area contributed by atoms with Crippen LogP contribution in [0.15, 0.2) is 0 Å². The van der Waals surface area contributed by atoms with Gasteiger partial charge in [-0.1, -0.05) is 13.8 Å². The summed E-state index contributed by atoms with van der Waals surface area (Å²) in [6.45, 7) is 7.79. The lowest BCUT2D eigenvalue weighted by Crippen LogP contribution is -2.44. The number of nitrogens with two attached hydrogens (primary N) is 1. The molecule has 1 aliphatic rings. The summed E-state index contributed by atoms with van der Waals surface area (Å²) < 4.78 is 0. The fourth-order valence-electron chi connectivity index (χ4n) is 2.42. The highest BCUT2D eigenvalue weighted by Crippen LogP contribution is 2.15. The van der Waals surface area contributed by atoms with E-state index in [1.54, 1.807) is 0 Å². The van der Waals surface area contributed by atoms with Gasteiger partial charge in [-0.15, -0.1) is 0 Å². The molecule has 0 spiro atoms. The number of likely N-dealkylation sites (N-methyl/N-ethyl adjacent to an activating group) is 1. The van der Waals surface area contributed by atoms with E-state index < -0.39 is 0 Å². The molecular weight excluding hydrogens is 214 g/mol. The topological polar surface area (TPSA) is 49.6 Å². The smallest absolute Gasteiger partial charge is 0.223 e. The molecule has 2 N–H and O–H groups in total. The molecule has 100 valence electrons. The van der Waals surface area contributed by atoms with Crippen LogP contribution in [0.25, 0.3) is 0 Å². The molecule has 17 heavy (non-hydrogen) atoms. The molecule has 0 aliphatic carbocycles. The fourth-order valence-corrected chi connectivity index (χ4v) is 2.42. The third kappa shape index (κ3) is 4.28. The first-order valence-electron chi connectivity index (χ1n) is 6.76. The van der Waals surface area contributed by atoms with E-state index in [9.17, 15) is 4.79 Å². The van der Waals surface area contributed by atoms with Crippen molar-refractivity contribution in [2.75, 3.05) is 33.2 Å². The van der Waals surface area contributed by atoms with E-state index >= 15 is 0 Å². The summed E-state index contributed by atoms with van der Waals surface area (Å²) in [6.07, 6.45) is 2.71. The number of rotatable bonds is 4. The minimum absolute atomic E-state index is 0.283. The van der Waals surface area contributed by atoms with Crippen LogP contribution in [0.2, 0.25) is 0 Å². The van der Waals surface area contributed by atoms with Crippen LogP contribution in [0, 0.1) is 5.92 Å². The number of nitrogens with zero attached hydrogens (tertiary/aromatic N) is 2. The maximum atomic E-state index is 12.2. The van der Waals surface area contributed by atoms with Crippen molar-refractivity contribution in [3.05, 3.63) is 0 Å². The Balaban J connectivity index is 2.61. The third-order valence-corrected chi connectivity index (χ3v) is 3.62. The van der Waals surface area contributed by atoms with Crippen LogP contribution in [0.5, 0.6) is 0 Å². The lowest BCUT2D eigenvalue weighted by molar-refractivity contribution is -0.134. The zero-order chi connectivity index (χ0) is 12.8. The van der Waals surface area contributed by atoms with Crippen LogP contribution in [0.4, 0.5) is 0 Å². The molecule has 1 saturated heterocycles. The highest BCUT2D eigenvalue weighted by atomic mass is 16.2. The van der Waals surface area contributed by atoms with Gasteiger partial charge in [0.15, 0.2) is 0 Å². The van der Waals surface area contributed by atoms with Crippen LogP contribution < -0.4 is 5.73 Å². The Morgan fingerprint density at radius 1 is 1.47 bits per heavy atom. The van der Waals surface area contributed by atoms with E-state index in [2.05, 4.69) is 23.8 Å². The Kier molecular flexibility index (Phi) is 5.92. The fraction of sp³-hybridized carbons (Fsp3) is 0.923. The molecule has 4 nitrogen and oxygen atoms in total. The van der Waals surface area contributed by atoms with E-state index in [1.165, 1.54) is 0 Å². The van der Waals surface area contributed by atoms with E-state index in [4.69, 9.17) is 5.73 Å². The number of carbonyl (C=O) groups is 1. The van der Waals surface area contributed by atoms with Crippen molar-refractivity contribution < 1.29 is 4.79 Å². The average molecular weight is 241 g/mol. The predicted octanol–water partition coefficient (Wildman–Crippen LogP) is 0.914. The summed E-state index contributed by atoms with van der Waals surface area (Å²) in [4.78, 5) is 16.7. The van der Waals surface area contributed by atoms with Crippen molar-refractivity contribution in [2.24, 2.45) is 11.7 Å². The molecule has 2 unspecified atom stereocenters. The van der Waals surface area contributed by atoms with Crippen LogP contribution in [-0.4, -0.2) is 55.0 Å². The number of hydrogen-bond acceptors (Lipinski definition) is 3. The van der Waals surface area contributed by atoms with Crippen molar-refractivity contribution >= 4 is 5.91 Å². The number of amides is 1. The van der Waals surface area contributed by atoms with Crippen LogP contribution in [0.3, 0.4) is 0 Å². The quantitative estimate of drug-likeness (QED) is 0.796. The monoisotopic (exact) mass is 241 g/mol. The average Bonchev–Trinajstić information content (AvgIpc) is 2.50. The normalized spacial score (nSPS) is 24.5. The largest absolute Gasteiger partial charge is 0.338 e. The first kappa shape index (κ1) is 14.5. The van der Waals surface area contributed by atoms with Gasteiger partial charge in [0.25, 0.3) is 0 Å². The molecule has 1 rings (SSSR count). The lowest BCUT2D eigenvalue weighted by Gasteiger charge is -2.31. The Morgan fingerprint density at radius 2 is 2.18 bits per heavy atom. The van der Waals surface area contributed by atoms with Gasteiger partial charge in [0.2, 0.25) is 5.91 Å². The summed E-state index contributed by atoms with van der Waals surface area (Å²) in [5.41, 5.74) is 5.59. The minimum Gasteiger partial charge on any atom is -0.338 e. The summed E-state index contributed by atoms with van der Waals surface area (Å²) in [5.74, 6) is 0.575. The Labute approximate surface area is 105 Å². The van der Waals surface area contributed by atoms with E-state index in [0.29, 0.717) is 24.9 Å². The van der Waals surface area contributed by atoms with Gasteiger partial charge >= 0.3 is 0 Å². The lowest BCUT2D eigenvalue weighted by atomic mass is 10.1. The van der Waals surface area contributed by atoms with Crippen LogP contribution in [0.1, 0.15) is 33.1 Å². The summed E-state index contributed by atoms with van der Waals surface area (Å²) in [7, 11) is 2.14. The molecule has 0 aromatic heterocycles. The molecule has 0 aromatic carbocycles. The number of carbonyl (C=O) groups excluding carboxylic acids is 1. The Hall–Kier alpha value is -0.610. The summed E-state index contributed by atoms with van der Waals surface area (Å²) in [5, 5.41) is 0. The van der Waals surface area contributed by atoms with Crippen molar-refractivity contribution in [1.82, 2.24) is 9.80 Å². The van der Waals surface area contributed by atoms with Gasteiger partial charge in [-0.25, -0.2) is 0 Å². The highest BCUT2D eigenvalue weighted by molar-refractivity contribution is 5.76. The molecule has 0 radical (unpaired) electrons. The van der Waals surface area contributed by atoms with Crippen molar-refractivity contribution in [3.63, 3.8) is 0 Å². The van der Waals surface area contributed by atoms with Crippen molar-refractivity contribution in [3.8, 4) is 0 Å². The van der Waals surface area contributed by atoms with Crippen LogP contribution >= 0.6 is 0 Å². The minimum atomic E-state index is 0.283. The van der Waals surface area contributed by atoms with Crippen molar-refractivity contribution in [1.29, 1.82) is 0 Å². The van der Waals surface area contributed by atoms with Crippen molar-refractivity contribution in [2.45, 2.75) is 39.2 Å². The highest BCUT2D eigenvalue weighted by Gasteiger charge is 2.26. The molecule has 0 aromatic rings. The predicted molar refractivity (Wildman–Crippen MR) is 70.7 cm³/mol. The van der Waals surface area contributed by atoms with Gasteiger partial charge in [0.05, 0.1) is 0 Å². The SMILES string of the molecule is CCC1CN(C)CCCN1C(=O)CC(C)CN. The Morgan fingerprint density at radius 3 is 2.76 bits per heavy atom. The molecule has 0 bridgehead atoms. The molecule has 1 aliphatic heterocycles. The standard InChI is InChI=1S/C13H27N3O/c1-4-12-10-15(3)6-5-7-16(12)13(17)8-11(2)9-14/h11-12H,4-10,14H2,1-3H3. The third-order valence-electron chi connectivity index (χ3n) is 3.62. The summed E-state index contributed by atoms with van der Waals surface area (Å²) >= 11 is 0. The Bertz CT molecular complexity index is 245. The zero-order valence-electron chi connectivity index (χ0n) is 11.5. The van der Waals surface area contributed by atoms with E-state index in [-0.39, 0.29) is 5.91 Å². The first-order valence-corrected chi connectivity index (χ1v) is 6.76. The molecule has 4 heteroatoms. The second kappa shape index (κ2) is 6.97. The number of hydrogen-bond donors (Lipinski definition) is 1. The van der Waals surface area contributed by atoms with Gasteiger partial charge in [-0.2, -0.15) is 0 Å². The second-order valence-electron chi connectivity index (χ2n) is 5.31. The second-order valence-corrected chi connectivity index (χ2v) is 5.31. The van der Waals surface area contributed by atoms with Crippen LogP contribution in [-0.2, 0) is 4.79 Å². The molecule has 2 atom stereocenters. The molecule has 1 fully saturated rings. The molecule has 1 amide bonds. The van der Waals surface area contributed by atoms with Gasteiger partial charge in [-0.05, 0) is 38.9 Å². The molecule has 0 saturated carbocycles. The van der Waals surface area contributed by atoms with E-state index in [0.717, 1.165) is 32.5 Å². The maximum Gasteiger partial charge on any atom is 0.223 e. The van der Waals surface area contributed by atoms with Gasteiger partial charge in [0.1, 0.15) is 0 Å².